The van der Waals surface area contributed by atoms with Crippen LogP contribution >= 0.6 is 11.8 Å². The van der Waals surface area contributed by atoms with Crippen molar-refractivity contribution in [3.63, 3.8) is 0 Å². The molecule has 0 spiro atoms. The fourth-order valence-electron chi connectivity index (χ4n) is 2.18. The third-order valence-corrected chi connectivity index (χ3v) is 4.99. The van der Waals surface area contributed by atoms with E-state index < -0.39 is 0 Å². The van der Waals surface area contributed by atoms with Gasteiger partial charge in [-0.3, -0.25) is 11.3 Å². The maximum Gasteiger partial charge on any atom is 0.0465 e. The lowest BCUT2D eigenvalue weighted by Crippen LogP contribution is -2.42. The molecule has 1 saturated carbocycles. The molecular formula is C12H26N2OS. The molecule has 0 bridgehead atoms. The average molecular weight is 246 g/mol. The zero-order chi connectivity index (χ0) is 11.8. The van der Waals surface area contributed by atoms with Crippen LogP contribution in [-0.2, 0) is 4.74 Å². The summed E-state index contributed by atoms with van der Waals surface area (Å²) in [5, 5.41) is 0.880. The Bertz CT molecular complexity index is 174. The van der Waals surface area contributed by atoms with Crippen LogP contribution in [0.1, 0.15) is 39.0 Å². The van der Waals surface area contributed by atoms with Gasteiger partial charge in [0.2, 0.25) is 0 Å². The Labute approximate surface area is 104 Å². The van der Waals surface area contributed by atoms with Gasteiger partial charge in [-0.2, -0.15) is 11.8 Å². The first-order valence-corrected chi connectivity index (χ1v) is 7.39. The highest BCUT2D eigenvalue weighted by atomic mass is 32.2. The van der Waals surface area contributed by atoms with Crippen molar-refractivity contribution < 1.29 is 4.74 Å². The van der Waals surface area contributed by atoms with Gasteiger partial charge in [0.1, 0.15) is 0 Å². The first-order valence-electron chi connectivity index (χ1n) is 6.34. The number of rotatable bonds is 8. The van der Waals surface area contributed by atoms with Gasteiger partial charge >= 0.3 is 0 Å². The van der Waals surface area contributed by atoms with Crippen molar-refractivity contribution in [2.45, 2.75) is 50.3 Å². The molecule has 1 aliphatic carbocycles. The highest BCUT2D eigenvalue weighted by molar-refractivity contribution is 7.99. The van der Waals surface area contributed by atoms with Crippen LogP contribution in [0.2, 0.25) is 0 Å². The van der Waals surface area contributed by atoms with Crippen molar-refractivity contribution in [3.05, 3.63) is 0 Å². The Hall–Kier alpha value is 0.230. The largest absolute Gasteiger partial charge is 0.385 e. The molecule has 0 aromatic carbocycles. The summed E-state index contributed by atoms with van der Waals surface area (Å²) in [4.78, 5) is 0. The maximum atomic E-state index is 5.63. The Kier molecular flexibility index (Phi) is 7.45. The van der Waals surface area contributed by atoms with Crippen LogP contribution in [0.25, 0.3) is 0 Å². The Morgan fingerprint density at radius 3 is 2.69 bits per heavy atom. The quantitative estimate of drug-likeness (QED) is 0.509. The zero-order valence-electron chi connectivity index (χ0n) is 10.6. The van der Waals surface area contributed by atoms with Crippen LogP contribution in [0.4, 0.5) is 0 Å². The molecule has 2 unspecified atom stereocenters. The summed E-state index contributed by atoms with van der Waals surface area (Å²) in [6, 6.07) is 0.417. The third kappa shape index (κ3) is 5.04. The van der Waals surface area contributed by atoms with Crippen LogP contribution < -0.4 is 11.3 Å². The molecule has 0 saturated heterocycles. The summed E-state index contributed by atoms with van der Waals surface area (Å²) in [7, 11) is 1.75. The van der Waals surface area contributed by atoms with Gasteiger partial charge in [-0.1, -0.05) is 19.8 Å². The van der Waals surface area contributed by atoms with Gasteiger partial charge in [0.15, 0.2) is 0 Å². The monoisotopic (exact) mass is 246 g/mol. The molecule has 16 heavy (non-hydrogen) atoms. The number of thioether (sulfide) groups is 1. The molecule has 2 atom stereocenters. The molecule has 3 N–H and O–H groups in total. The number of hydrazine groups is 1. The molecular weight excluding hydrogens is 220 g/mol. The van der Waals surface area contributed by atoms with E-state index in [4.69, 9.17) is 10.6 Å². The first kappa shape index (κ1) is 14.3. The lowest BCUT2D eigenvalue weighted by atomic mass is 10.0. The molecule has 1 aliphatic rings. The number of nitrogens with one attached hydrogen (secondary N) is 1. The van der Waals surface area contributed by atoms with Crippen LogP contribution in [0.15, 0.2) is 0 Å². The van der Waals surface area contributed by atoms with E-state index in [1.807, 2.05) is 0 Å². The molecule has 0 aliphatic heterocycles. The minimum absolute atomic E-state index is 0.417. The Morgan fingerprint density at radius 1 is 1.44 bits per heavy atom. The van der Waals surface area contributed by atoms with Crippen LogP contribution in [0, 0.1) is 5.92 Å². The van der Waals surface area contributed by atoms with E-state index in [0.717, 1.165) is 24.0 Å². The Morgan fingerprint density at radius 2 is 2.12 bits per heavy atom. The second-order valence-corrected chi connectivity index (χ2v) is 6.11. The second-order valence-electron chi connectivity index (χ2n) is 4.77. The summed E-state index contributed by atoms with van der Waals surface area (Å²) in [6.45, 7) is 3.08. The first-order chi connectivity index (χ1) is 7.77. The maximum absolute atomic E-state index is 5.63. The average Bonchev–Trinajstić information content (AvgIpc) is 2.80. The van der Waals surface area contributed by atoms with Gasteiger partial charge < -0.3 is 4.74 Å². The molecule has 1 fully saturated rings. The molecule has 3 nitrogen and oxygen atoms in total. The topological polar surface area (TPSA) is 47.3 Å². The van der Waals surface area contributed by atoms with Crippen LogP contribution in [0.3, 0.4) is 0 Å². The van der Waals surface area contributed by atoms with Gasteiger partial charge in [-0.25, -0.2) is 0 Å². The van der Waals surface area contributed by atoms with Crippen LogP contribution in [0.5, 0.6) is 0 Å². The zero-order valence-corrected chi connectivity index (χ0v) is 11.4. The molecule has 4 heteroatoms. The lowest BCUT2D eigenvalue weighted by Gasteiger charge is -2.24. The van der Waals surface area contributed by atoms with E-state index in [1.165, 1.54) is 25.7 Å². The smallest absolute Gasteiger partial charge is 0.0465 e. The van der Waals surface area contributed by atoms with Crippen molar-refractivity contribution >= 4 is 11.8 Å². The number of hydrogen-bond donors (Lipinski definition) is 2. The second kappa shape index (κ2) is 8.34. The lowest BCUT2D eigenvalue weighted by molar-refractivity contribution is 0.172. The SMILES string of the molecule is COCCC(C)C(CSC1CCCC1)NN. The van der Waals surface area contributed by atoms with Gasteiger partial charge in [-0.15, -0.1) is 0 Å². The Balaban J connectivity index is 2.18. The standard InChI is InChI=1S/C12H26N2OS/c1-10(7-8-15-2)12(14-13)9-16-11-5-3-4-6-11/h10-12,14H,3-9,13H2,1-2H3. The van der Waals surface area contributed by atoms with Crippen molar-refractivity contribution in [3.8, 4) is 0 Å². The molecule has 0 amide bonds. The van der Waals surface area contributed by atoms with Gasteiger partial charge in [0.25, 0.3) is 0 Å². The van der Waals surface area contributed by atoms with E-state index in [1.54, 1.807) is 7.11 Å². The molecule has 0 radical (unpaired) electrons. The summed E-state index contributed by atoms with van der Waals surface area (Å²) < 4.78 is 5.11. The minimum atomic E-state index is 0.417. The predicted octanol–water partition coefficient (Wildman–Crippen LogP) is 2.17. The fraction of sp³-hybridized carbons (Fsp3) is 1.00. The molecule has 96 valence electrons. The molecule has 1 rings (SSSR count). The summed E-state index contributed by atoms with van der Waals surface area (Å²) in [6.07, 6.45) is 6.70. The van der Waals surface area contributed by atoms with E-state index >= 15 is 0 Å². The summed E-state index contributed by atoms with van der Waals surface area (Å²) in [5.74, 6) is 7.34. The minimum Gasteiger partial charge on any atom is -0.385 e. The third-order valence-electron chi connectivity index (χ3n) is 3.49. The highest BCUT2D eigenvalue weighted by Gasteiger charge is 2.20. The predicted molar refractivity (Wildman–Crippen MR) is 71.5 cm³/mol. The highest BCUT2D eigenvalue weighted by Crippen LogP contribution is 2.30. The van der Waals surface area contributed by atoms with Crippen molar-refractivity contribution in [1.29, 1.82) is 0 Å². The fourth-order valence-corrected chi connectivity index (χ4v) is 3.75. The van der Waals surface area contributed by atoms with Crippen molar-refractivity contribution in [2.75, 3.05) is 19.5 Å². The normalized spacial score (nSPS) is 21.2. The van der Waals surface area contributed by atoms with E-state index in [2.05, 4.69) is 24.1 Å². The van der Waals surface area contributed by atoms with Crippen molar-refractivity contribution in [2.24, 2.45) is 11.8 Å². The summed E-state index contributed by atoms with van der Waals surface area (Å²) >= 11 is 2.10. The van der Waals surface area contributed by atoms with E-state index in [-0.39, 0.29) is 0 Å². The van der Waals surface area contributed by atoms with Gasteiger partial charge in [0, 0.05) is 30.8 Å². The molecule has 0 heterocycles. The van der Waals surface area contributed by atoms with Gasteiger partial charge in [-0.05, 0) is 25.2 Å². The summed E-state index contributed by atoms with van der Waals surface area (Å²) in [5.41, 5.74) is 2.96. The van der Waals surface area contributed by atoms with Gasteiger partial charge in [0.05, 0.1) is 0 Å². The van der Waals surface area contributed by atoms with Crippen molar-refractivity contribution in [1.82, 2.24) is 5.43 Å². The molecule has 0 aromatic rings. The van der Waals surface area contributed by atoms with E-state index in [0.29, 0.717) is 12.0 Å². The van der Waals surface area contributed by atoms with E-state index in [9.17, 15) is 0 Å². The molecule has 0 aromatic heterocycles. The number of hydrogen-bond acceptors (Lipinski definition) is 4. The number of nitrogens with two attached hydrogens (primary N) is 1. The number of methoxy groups -OCH3 is 1. The van der Waals surface area contributed by atoms with Crippen LogP contribution in [-0.4, -0.2) is 30.8 Å². The number of ether oxygens (including phenoxy) is 1.